The van der Waals surface area contributed by atoms with E-state index in [4.69, 9.17) is 19.1 Å². The average Bonchev–Trinajstić information content (AvgIpc) is 3.20. The monoisotopic (exact) mass is 618 g/mol. The molecule has 4 atom stereocenters. The molecule has 0 bridgehead atoms. The van der Waals surface area contributed by atoms with Gasteiger partial charge in [0, 0.05) is 21.2 Å². The molecule has 182 valence electrons. The normalized spacial score (nSPS) is 18.0. The van der Waals surface area contributed by atoms with Crippen molar-refractivity contribution in [3.05, 3.63) is 82.9 Å². The van der Waals surface area contributed by atoms with E-state index >= 15 is 0 Å². The molecule has 0 aliphatic carbocycles. The summed E-state index contributed by atoms with van der Waals surface area (Å²) >= 11 is -0.106. The van der Waals surface area contributed by atoms with E-state index in [9.17, 15) is 0 Å². The van der Waals surface area contributed by atoms with E-state index in [0.29, 0.717) is 11.3 Å². The van der Waals surface area contributed by atoms with E-state index < -0.39 is 0 Å². The van der Waals surface area contributed by atoms with Gasteiger partial charge in [0.2, 0.25) is 0 Å². The van der Waals surface area contributed by atoms with Crippen molar-refractivity contribution in [1.82, 2.24) is 0 Å². The Bertz CT molecular complexity index is 1190. The first kappa shape index (κ1) is 26.3. The Kier molecular flexibility index (Phi) is 8.59. The predicted molar refractivity (Wildman–Crippen MR) is 153 cm³/mol. The Morgan fingerprint density at radius 3 is 1.21 bits per heavy atom. The number of rotatable bonds is 2. The fraction of sp³-hybridized carbons (Fsp3) is 0.310. The molecule has 5 heteroatoms. The summed E-state index contributed by atoms with van der Waals surface area (Å²) < 4.78 is 0. The van der Waals surface area contributed by atoms with Crippen molar-refractivity contribution in [3.63, 3.8) is 0 Å². The SMILES string of the molecule is Cc1c(C)c2p(c1-c1ccccc1)[C@@H](C)C[C@H](C)p1c(-c3ccccc3)c(C)c(C)c1-2.[Cl][Pd][Cl]. The Morgan fingerprint density at radius 2 is 0.882 bits per heavy atom. The Labute approximate surface area is 223 Å². The fourth-order valence-corrected chi connectivity index (χ4v) is 13.6. The van der Waals surface area contributed by atoms with E-state index in [1.54, 1.807) is 32.3 Å². The summed E-state index contributed by atoms with van der Waals surface area (Å²) in [6.45, 7) is 14.6. The second kappa shape index (κ2) is 11.1. The van der Waals surface area contributed by atoms with Gasteiger partial charge in [-0.25, -0.2) is 0 Å². The van der Waals surface area contributed by atoms with Crippen molar-refractivity contribution in [2.45, 2.75) is 59.3 Å². The van der Waals surface area contributed by atoms with E-state index in [2.05, 4.69) is 102 Å². The molecule has 34 heavy (non-hydrogen) atoms. The number of hydrogen-bond acceptors (Lipinski definition) is 0. The van der Waals surface area contributed by atoms with Gasteiger partial charge < -0.3 is 0 Å². The van der Waals surface area contributed by atoms with E-state index in [-0.39, 0.29) is 31.0 Å². The third-order valence-electron chi connectivity index (χ3n) is 7.39. The summed E-state index contributed by atoms with van der Waals surface area (Å²) in [7, 11) is 8.97. The van der Waals surface area contributed by atoms with Gasteiger partial charge in [-0.1, -0.05) is 74.5 Å². The zero-order valence-corrected chi connectivity index (χ0v) is 25.5. The van der Waals surface area contributed by atoms with Crippen molar-refractivity contribution in [2.24, 2.45) is 0 Å². The molecule has 0 nitrogen and oxygen atoms in total. The summed E-state index contributed by atoms with van der Waals surface area (Å²) in [6, 6.07) is 22.4. The topological polar surface area (TPSA) is 0 Å². The van der Waals surface area contributed by atoms with E-state index in [1.165, 1.54) is 28.7 Å². The van der Waals surface area contributed by atoms with Crippen LogP contribution in [-0.2, 0) is 15.9 Å². The minimum atomic E-state index is -0.327. The van der Waals surface area contributed by atoms with Crippen LogP contribution in [0.25, 0.3) is 32.3 Å². The Hall–Kier alpha value is -0.758. The molecule has 4 aromatic rings. The molecule has 0 saturated heterocycles. The third-order valence-corrected chi connectivity index (χ3v) is 14.0. The third kappa shape index (κ3) is 4.55. The van der Waals surface area contributed by atoms with Gasteiger partial charge >= 0.3 is 35.0 Å². The van der Waals surface area contributed by atoms with Crippen LogP contribution in [0.2, 0.25) is 0 Å². The number of fused-ring (bicyclic) bond motifs is 3. The van der Waals surface area contributed by atoms with Crippen LogP contribution >= 0.6 is 34.1 Å². The molecule has 0 saturated carbocycles. The molecule has 0 spiro atoms. The molecular weight excluding hydrogens is 588 g/mol. The quantitative estimate of drug-likeness (QED) is 0.196. The summed E-state index contributed by atoms with van der Waals surface area (Å²) in [5.41, 5.74) is 10.5. The first-order chi connectivity index (χ1) is 16.3. The van der Waals surface area contributed by atoms with Crippen LogP contribution in [0.5, 0.6) is 0 Å². The maximum atomic E-state index is 4.81. The van der Waals surface area contributed by atoms with Crippen LogP contribution in [0.4, 0.5) is 0 Å². The predicted octanol–water partition coefficient (Wildman–Crippen LogP) is 11.8. The van der Waals surface area contributed by atoms with E-state index in [1.807, 2.05) is 0 Å². The fourth-order valence-electron chi connectivity index (χ4n) is 5.73. The minimum absolute atomic E-state index is 0.106. The molecule has 5 rings (SSSR count). The molecular formula is C29H32Cl2P2Pd. The van der Waals surface area contributed by atoms with Crippen LogP contribution in [0, 0.1) is 27.7 Å². The summed E-state index contributed by atoms with van der Waals surface area (Å²) in [5.74, 6) is 0. The number of hydrogen-bond donors (Lipinski definition) is 0. The van der Waals surface area contributed by atoms with Gasteiger partial charge in [-0.2, -0.15) is 0 Å². The zero-order chi connectivity index (χ0) is 24.6. The Morgan fingerprint density at radius 1 is 0.588 bits per heavy atom. The number of halogens is 2. The molecule has 0 amide bonds. The molecule has 0 fully saturated rings. The molecule has 3 heterocycles. The average molecular weight is 620 g/mol. The second-order valence-corrected chi connectivity index (χ2v) is 16.7. The van der Waals surface area contributed by atoms with Crippen LogP contribution in [0.3, 0.4) is 0 Å². The zero-order valence-electron chi connectivity index (χ0n) is 20.6. The van der Waals surface area contributed by atoms with Crippen LogP contribution in [-0.4, -0.2) is 0 Å². The summed E-state index contributed by atoms with van der Waals surface area (Å²) in [6.07, 6.45) is 1.32. The van der Waals surface area contributed by atoms with Crippen molar-refractivity contribution in [2.75, 3.05) is 0 Å². The molecule has 1 aliphatic rings. The summed E-state index contributed by atoms with van der Waals surface area (Å²) in [4.78, 5) is 0. The van der Waals surface area contributed by atoms with Crippen molar-refractivity contribution < 1.29 is 15.9 Å². The second-order valence-electron chi connectivity index (χ2n) is 9.35. The standard InChI is InChI=1S/C29H32P2.2ClH.Pd/c1-18-17-19(2)31-27(25-15-11-8-12-16-25)21(4)23(6)29(31)28-22(5)20(3)26(30(18)28)24-13-9-7-10-14-24;;;/h7-16,18-19H,17H2,1-6H3;2*1H;/q;;;+2/p-2/t18-,19-,30?,31?;;;/m0.../s1. The molecule has 1 aliphatic heterocycles. The first-order valence-corrected chi connectivity index (χ1v) is 18.5. The van der Waals surface area contributed by atoms with Crippen LogP contribution in [0.15, 0.2) is 60.7 Å². The maximum absolute atomic E-state index is 4.81. The molecule has 0 radical (unpaired) electrons. The van der Waals surface area contributed by atoms with Crippen LogP contribution in [0.1, 0.15) is 53.8 Å². The molecule has 2 aromatic heterocycles. The summed E-state index contributed by atoms with van der Waals surface area (Å²) in [5, 5.41) is 6.76. The first-order valence-electron chi connectivity index (χ1n) is 11.7. The van der Waals surface area contributed by atoms with Gasteiger partial charge in [0.15, 0.2) is 0 Å². The molecule has 0 N–H and O–H groups in total. The van der Waals surface area contributed by atoms with Gasteiger partial charge in [0.25, 0.3) is 0 Å². The van der Waals surface area contributed by atoms with Gasteiger partial charge in [-0.3, -0.25) is 0 Å². The van der Waals surface area contributed by atoms with Gasteiger partial charge in [-0.05, 0) is 78.8 Å². The van der Waals surface area contributed by atoms with E-state index in [0.717, 1.165) is 0 Å². The van der Waals surface area contributed by atoms with Crippen molar-refractivity contribution in [3.8, 4) is 32.3 Å². The Balaban J connectivity index is 0.000000868. The van der Waals surface area contributed by atoms with Crippen molar-refractivity contribution >= 4 is 34.1 Å². The van der Waals surface area contributed by atoms with Gasteiger partial charge in [0.1, 0.15) is 0 Å². The molecule has 2 unspecified atom stereocenters. The van der Waals surface area contributed by atoms with Gasteiger partial charge in [0.05, 0.1) is 0 Å². The van der Waals surface area contributed by atoms with Crippen LogP contribution < -0.4 is 0 Å². The number of benzene rings is 2. The van der Waals surface area contributed by atoms with Crippen molar-refractivity contribution in [1.29, 1.82) is 0 Å². The van der Waals surface area contributed by atoms with Gasteiger partial charge in [-0.15, -0.1) is 15.1 Å². The molecule has 2 aromatic carbocycles.